The fourth-order valence-corrected chi connectivity index (χ4v) is 3.53. The van der Waals surface area contributed by atoms with Crippen LogP contribution in [0.1, 0.15) is 27.2 Å². The second-order valence-electron chi connectivity index (χ2n) is 5.53. The van der Waals surface area contributed by atoms with Crippen LogP contribution >= 0.6 is 0 Å². The maximum atomic E-state index is 12.6. The van der Waals surface area contributed by atoms with Crippen molar-refractivity contribution in [3.05, 3.63) is 52.8 Å². The van der Waals surface area contributed by atoms with Crippen molar-refractivity contribution in [2.24, 2.45) is 0 Å². The third-order valence-electron chi connectivity index (χ3n) is 3.69. The van der Waals surface area contributed by atoms with Gasteiger partial charge in [-0.3, -0.25) is 9.97 Å². The molecule has 3 rings (SSSR count). The molecule has 6 nitrogen and oxygen atoms in total. The van der Waals surface area contributed by atoms with Crippen LogP contribution in [-0.4, -0.2) is 32.6 Å². The number of imidazole rings is 1. The third kappa shape index (κ3) is 3.27. The topological polar surface area (TPSA) is 90.9 Å². The molecule has 2 heterocycles. The van der Waals surface area contributed by atoms with Crippen molar-refractivity contribution in [1.29, 1.82) is 0 Å². The summed E-state index contributed by atoms with van der Waals surface area (Å²) in [7, 11) is 1.33. The van der Waals surface area contributed by atoms with Crippen LogP contribution in [0.25, 0.3) is 11.0 Å². The molecule has 1 aromatic carbocycles. The summed E-state index contributed by atoms with van der Waals surface area (Å²) in [4.78, 5) is 23.3. The van der Waals surface area contributed by atoms with E-state index in [-0.39, 0.29) is 5.75 Å². The van der Waals surface area contributed by atoms with Gasteiger partial charge in [0.25, 0.3) is 0 Å². The molecule has 0 spiro atoms. The number of aromatic amines is 1. The average molecular weight is 343 g/mol. The highest BCUT2D eigenvalue weighted by Gasteiger charge is 2.20. The van der Waals surface area contributed by atoms with Crippen LogP contribution in [0.5, 0.6) is 0 Å². The van der Waals surface area contributed by atoms with Gasteiger partial charge in [0.2, 0.25) is 0 Å². The Labute approximate surface area is 142 Å². The number of pyridine rings is 1. The zero-order valence-corrected chi connectivity index (χ0v) is 14.4. The molecule has 0 bridgehead atoms. The summed E-state index contributed by atoms with van der Waals surface area (Å²) in [5.41, 5.74) is 4.57. The van der Waals surface area contributed by atoms with E-state index in [1.165, 1.54) is 7.11 Å². The van der Waals surface area contributed by atoms with Gasteiger partial charge >= 0.3 is 11.1 Å². The van der Waals surface area contributed by atoms with Crippen LogP contribution in [-0.2, 0) is 21.7 Å². The Hall–Kier alpha value is -2.38. The molecule has 2 aromatic heterocycles. The SMILES string of the molecule is COC(=O)c1ccc2[nH]c([S+]([O-])Cc3ncc(C)cc3C)nc2c1. The molecule has 0 saturated heterocycles. The Kier molecular flexibility index (Phi) is 4.55. The van der Waals surface area contributed by atoms with Gasteiger partial charge in [-0.05, 0) is 43.2 Å². The van der Waals surface area contributed by atoms with Gasteiger partial charge < -0.3 is 9.29 Å². The van der Waals surface area contributed by atoms with E-state index >= 15 is 0 Å². The van der Waals surface area contributed by atoms with Gasteiger partial charge in [-0.1, -0.05) is 6.07 Å². The summed E-state index contributed by atoms with van der Waals surface area (Å²) in [6, 6.07) is 7.00. The lowest BCUT2D eigenvalue weighted by Crippen LogP contribution is -2.09. The second-order valence-corrected chi connectivity index (χ2v) is 6.90. The number of aryl methyl sites for hydroxylation is 2. The highest BCUT2D eigenvalue weighted by atomic mass is 32.2. The number of hydrogen-bond acceptors (Lipinski definition) is 5. The second kappa shape index (κ2) is 6.62. The number of hydrogen-bond donors (Lipinski definition) is 1. The van der Waals surface area contributed by atoms with E-state index in [0.29, 0.717) is 16.2 Å². The molecule has 0 fully saturated rings. The first kappa shape index (κ1) is 16.5. The van der Waals surface area contributed by atoms with Gasteiger partial charge in [-0.2, -0.15) is 4.98 Å². The van der Waals surface area contributed by atoms with Gasteiger partial charge in [0.1, 0.15) is 0 Å². The number of H-pyrrole nitrogens is 1. The minimum absolute atomic E-state index is 0.287. The Morgan fingerprint density at radius 3 is 2.83 bits per heavy atom. The predicted molar refractivity (Wildman–Crippen MR) is 91.3 cm³/mol. The van der Waals surface area contributed by atoms with Gasteiger partial charge in [0.05, 0.1) is 29.4 Å². The average Bonchev–Trinajstić information content (AvgIpc) is 2.99. The van der Waals surface area contributed by atoms with E-state index in [9.17, 15) is 9.35 Å². The molecule has 124 valence electrons. The molecular weight excluding hydrogens is 326 g/mol. The molecule has 0 aliphatic rings. The molecule has 0 aliphatic carbocycles. The first-order valence-electron chi connectivity index (χ1n) is 7.36. The van der Waals surface area contributed by atoms with Crippen molar-refractivity contribution in [3.8, 4) is 0 Å². The van der Waals surface area contributed by atoms with E-state index in [4.69, 9.17) is 4.74 Å². The fourth-order valence-electron chi connectivity index (χ4n) is 2.42. The highest BCUT2D eigenvalue weighted by molar-refractivity contribution is 7.90. The number of nitrogens with one attached hydrogen (secondary N) is 1. The number of carbonyl (C=O) groups is 1. The van der Waals surface area contributed by atoms with E-state index in [1.807, 2.05) is 19.9 Å². The number of carbonyl (C=O) groups excluding carboxylic acids is 1. The molecule has 1 N–H and O–H groups in total. The van der Waals surface area contributed by atoms with Crippen LogP contribution in [0, 0.1) is 13.8 Å². The minimum atomic E-state index is -1.35. The summed E-state index contributed by atoms with van der Waals surface area (Å²) < 4.78 is 17.3. The Balaban J connectivity index is 1.87. The van der Waals surface area contributed by atoms with Crippen molar-refractivity contribution in [2.45, 2.75) is 24.8 Å². The van der Waals surface area contributed by atoms with Crippen molar-refractivity contribution in [2.75, 3.05) is 7.11 Å². The van der Waals surface area contributed by atoms with E-state index in [0.717, 1.165) is 22.3 Å². The van der Waals surface area contributed by atoms with E-state index < -0.39 is 17.1 Å². The zero-order chi connectivity index (χ0) is 17.3. The summed E-state index contributed by atoms with van der Waals surface area (Å²) in [5, 5.41) is 0.369. The maximum Gasteiger partial charge on any atom is 0.337 e. The number of aromatic nitrogens is 3. The maximum absolute atomic E-state index is 12.6. The van der Waals surface area contributed by atoms with E-state index in [1.54, 1.807) is 24.4 Å². The van der Waals surface area contributed by atoms with Gasteiger partial charge in [-0.15, -0.1) is 0 Å². The van der Waals surface area contributed by atoms with Crippen LogP contribution in [0.4, 0.5) is 0 Å². The minimum Gasteiger partial charge on any atom is -0.609 e. The van der Waals surface area contributed by atoms with Crippen LogP contribution < -0.4 is 0 Å². The Morgan fingerprint density at radius 2 is 2.12 bits per heavy atom. The summed E-state index contributed by atoms with van der Waals surface area (Å²) in [6.07, 6.45) is 1.76. The van der Waals surface area contributed by atoms with Gasteiger partial charge in [0, 0.05) is 17.4 Å². The number of ether oxygens (including phenoxy) is 1. The highest BCUT2D eigenvalue weighted by Crippen LogP contribution is 2.20. The quantitative estimate of drug-likeness (QED) is 0.581. The monoisotopic (exact) mass is 343 g/mol. The number of rotatable bonds is 4. The summed E-state index contributed by atoms with van der Waals surface area (Å²) in [6.45, 7) is 3.92. The summed E-state index contributed by atoms with van der Waals surface area (Å²) in [5.74, 6) is -0.141. The fraction of sp³-hybridized carbons (Fsp3) is 0.235. The van der Waals surface area contributed by atoms with Crippen molar-refractivity contribution in [1.82, 2.24) is 15.0 Å². The lowest BCUT2D eigenvalue weighted by molar-refractivity contribution is 0.0601. The normalized spacial score (nSPS) is 12.3. The first-order chi connectivity index (χ1) is 11.5. The molecule has 0 amide bonds. The lowest BCUT2D eigenvalue weighted by atomic mass is 10.2. The molecule has 0 aliphatic heterocycles. The smallest absolute Gasteiger partial charge is 0.337 e. The molecule has 1 unspecified atom stereocenters. The number of nitrogens with zero attached hydrogens (tertiary/aromatic N) is 2. The Bertz CT molecular complexity index is 907. The number of methoxy groups -OCH3 is 1. The van der Waals surface area contributed by atoms with Crippen molar-refractivity contribution < 1.29 is 14.1 Å². The van der Waals surface area contributed by atoms with Crippen LogP contribution in [0.15, 0.2) is 35.6 Å². The van der Waals surface area contributed by atoms with Crippen LogP contribution in [0.3, 0.4) is 0 Å². The predicted octanol–water partition coefficient (Wildman–Crippen LogP) is 2.67. The van der Waals surface area contributed by atoms with Crippen LogP contribution in [0.2, 0.25) is 0 Å². The molecule has 24 heavy (non-hydrogen) atoms. The molecule has 1 atom stereocenters. The van der Waals surface area contributed by atoms with Crippen molar-refractivity contribution in [3.63, 3.8) is 0 Å². The van der Waals surface area contributed by atoms with E-state index in [2.05, 4.69) is 15.0 Å². The largest absolute Gasteiger partial charge is 0.609 e. The summed E-state index contributed by atoms with van der Waals surface area (Å²) >= 11 is -1.35. The number of esters is 1. The number of fused-ring (bicyclic) bond motifs is 1. The van der Waals surface area contributed by atoms with Gasteiger partial charge in [-0.25, -0.2) is 4.79 Å². The third-order valence-corrected chi connectivity index (χ3v) is 4.85. The Morgan fingerprint density at radius 1 is 1.33 bits per heavy atom. The molecule has 0 saturated carbocycles. The molecule has 0 radical (unpaired) electrons. The molecule has 7 heteroatoms. The number of benzene rings is 1. The standard InChI is InChI=1S/C17H17N3O3S/c1-10-6-11(2)15(18-8-10)9-24(22)17-19-13-5-4-12(16(21)23-3)7-14(13)20-17/h4-8H,9H2,1-3H3,(H,19,20). The van der Waals surface area contributed by atoms with Crippen molar-refractivity contribution >= 4 is 28.2 Å². The zero-order valence-electron chi connectivity index (χ0n) is 13.6. The molecule has 3 aromatic rings. The van der Waals surface area contributed by atoms with Gasteiger partial charge in [0.15, 0.2) is 5.75 Å². The molecular formula is C17H17N3O3S. The first-order valence-corrected chi connectivity index (χ1v) is 8.68. The lowest BCUT2D eigenvalue weighted by Gasteiger charge is -2.08.